The highest BCUT2D eigenvalue weighted by atomic mass is 32.1. The van der Waals surface area contributed by atoms with Gasteiger partial charge in [0, 0.05) is 25.0 Å². The molecule has 11 heteroatoms. The van der Waals surface area contributed by atoms with Gasteiger partial charge in [0.25, 0.3) is 5.91 Å². The van der Waals surface area contributed by atoms with E-state index >= 15 is 0 Å². The lowest BCUT2D eigenvalue weighted by Crippen LogP contribution is -2.17. The van der Waals surface area contributed by atoms with Gasteiger partial charge in [-0.3, -0.25) is 4.79 Å². The SMILES string of the molecule is CN(C)c1nc(N)nc(COC(=O)c2c(-c3ccccc3)csc2NC(=O)c2cccs2)n1. The van der Waals surface area contributed by atoms with Crippen LogP contribution in [0.5, 0.6) is 0 Å². The number of nitrogen functional groups attached to an aromatic ring is 1. The van der Waals surface area contributed by atoms with Gasteiger partial charge >= 0.3 is 5.97 Å². The van der Waals surface area contributed by atoms with Gasteiger partial charge in [0.15, 0.2) is 12.4 Å². The fourth-order valence-electron chi connectivity index (χ4n) is 2.95. The van der Waals surface area contributed by atoms with E-state index in [-0.39, 0.29) is 29.9 Å². The number of ether oxygens (including phenoxy) is 1. The number of amides is 1. The zero-order valence-corrected chi connectivity index (χ0v) is 19.4. The molecule has 0 bridgehead atoms. The molecule has 0 fully saturated rings. The Morgan fingerprint density at radius 2 is 1.85 bits per heavy atom. The van der Waals surface area contributed by atoms with E-state index in [0.29, 0.717) is 21.4 Å². The first-order valence-electron chi connectivity index (χ1n) is 9.79. The summed E-state index contributed by atoms with van der Waals surface area (Å²) >= 11 is 2.58. The number of hydrogen-bond acceptors (Lipinski definition) is 10. The number of benzene rings is 1. The number of hydrogen-bond donors (Lipinski definition) is 2. The molecule has 3 N–H and O–H groups in total. The van der Waals surface area contributed by atoms with Crippen molar-refractivity contribution in [1.29, 1.82) is 0 Å². The van der Waals surface area contributed by atoms with Crippen LogP contribution in [0.4, 0.5) is 16.9 Å². The lowest BCUT2D eigenvalue weighted by Gasteiger charge is -2.12. The van der Waals surface area contributed by atoms with Crippen LogP contribution in [-0.4, -0.2) is 40.9 Å². The molecule has 0 aliphatic heterocycles. The molecular formula is C22H20N6O3S2. The molecule has 0 radical (unpaired) electrons. The van der Waals surface area contributed by atoms with Crippen molar-refractivity contribution in [1.82, 2.24) is 15.0 Å². The molecule has 0 saturated heterocycles. The van der Waals surface area contributed by atoms with Crippen LogP contribution in [-0.2, 0) is 11.3 Å². The molecule has 0 unspecified atom stereocenters. The highest BCUT2D eigenvalue weighted by Gasteiger charge is 2.24. The zero-order chi connectivity index (χ0) is 23.4. The summed E-state index contributed by atoms with van der Waals surface area (Å²) < 4.78 is 5.53. The van der Waals surface area contributed by atoms with Gasteiger partial charge in [0.1, 0.15) is 10.6 Å². The second-order valence-corrected chi connectivity index (χ2v) is 8.86. The molecule has 3 heterocycles. The first-order chi connectivity index (χ1) is 15.9. The monoisotopic (exact) mass is 480 g/mol. The summed E-state index contributed by atoms with van der Waals surface area (Å²) in [6, 6.07) is 12.9. The van der Waals surface area contributed by atoms with Crippen LogP contribution in [0.25, 0.3) is 11.1 Å². The Morgan fingerprint density at radius 1 is 1.06 bits per heavy atom. The van der Waals surface area contributed by atoms with Crippen molar-refractivity contribution in [2.75, 3.05) is 30.0 Å². The zero-order valence-electron chi connectivity index (χ0n) is 17.8. The molecular weight excluding hydrogens is 460 g/mol. The number of thiophene rings is 2. The number of nitrogens with one attached hydrogen (secondary N) is 1. The summed E-state index contributed by atoms with van der Waals surface area (Å²) in [7, 11) is 3.54. The maximum absolute atomic E-state index is 13.2. The standard InChI is InChI=1S/C22H20N6O3S2/c1-28(2)22-25-16(24-21(23)27-22)11-31-20(30)17-14(13-7-4-3-5-8-13)12-33-19(17)26-18(29)15-9-6-10-32-15/h3-10,12H,11H2,1-2H3,(H,26,29)(H2,23,24,25,27). The summed E-state index contributed by atoms with van der Waals surface area (Å²) in [5.74, 6) is -0.286. The summed E-state index contributed by atoms with van der Waals surface area (Å²) in [6.07, 6.45) is 0. The Bertz CT molecular complexity index is 1270. The van der Waals surface area contributed by atoms with E-state index in [0.717, 1.165) is 5.56 Å². The van der Waals surface area contributed by atoms with Crippen LogP contribution < -0.4 is 16.0 Å². The van der Waals surface area contributed by atoms with Crippen LogP contribution in [0.3, 0.4) is 0 Å². The third-order valence-corrected chi connectivity index (χ3v) is 6.24. The molecule has 3 aromatic heterocycles. The number of anilines is 3. The highest BCUT2D eigenvalue weighted by Crippen LogP contribution is 2.36. The highest BCUT2D eigenvalue weighted by molar-refractivity contribution is 7.15. The van der Waals surface area contributed by atoms with E-state index in [1.807, 2.05) is 41.1 Å². The Balaban J connectivity index is 1.62. The molecule has 1 aromatic carbocycles. The van der Waals surface area contributed by atoms with E-state index in [2.05, 4.69) is 20.3 Å². The molecule has 33 heavy (non-hydrogen) atoms. The second kappa shape index (κ2) is 9.76. The van der Waals surface area contributed by atoms with Gasteiger partial charge in [-0.1, -0.05) is 36.4 Å². The average molecular weight is 481 g/mol. The van der Waals surface area contributed by atoms with Crippen LogP contribution in [0.2, 0.25) is 0 Å². The van der Waals surface area contributed by atoms with Gasteiger partial charge in [-0.05, 0) is 17.0 Å². The first-order valence-corrected chi connectivity index (χ1v) is 11.5. The van der Waals surface area contributed by atoms with Crippen molar-refractivity contribution < 1.29 is 14.3 Å². The Labute approximate surface area is 197 Å². The third kappa shape index (κ3) is 5.16. The summed E-state index contributed by atoms with van der Waals surface area (Å²) in [4.78, 5) is 40.4. The minimum absolute atomic E-state index is 0.0316. The third-order valence-electron chi connectivity index (χ3n) is 4.47. The van der Waals surface area contributed by atoms with Crippen LogP contribution in [0.1, 0.15) is 25.9 Å². The minimum atomic E-state index is -0.609. The van der Waals surface area contributed by atoms with Gasteiger partial charge < -0.3 is 20.7 Å². The van der Waals surface area contributed by atoms with Gasteiger partial charge in [0.2, 0.25) is 11.9 Å². The molecule has 0 saturated carbocycles. The molecule has 0 atom stereocenters. The second-order valence-electron chi connectivity index (χ2n) is 7.03. The number of nitrogens with zero attached hydrogens (tertiary/aromatic N) is 4. The number of rotatable bonds is 7. The van der Waals surface area contributed by atoms with E-state index in [1.165, 1.54) is 22.7 Å². The van der Waals surface area contributed by atoms with E-state index < -0.39 is 5.97 Å². The van der Waals surface area contributed by atoms with Crippen LogP contribution in [0.15, 0.2) is 53.2 Å². The Morgan fingerprint density at radius 3 is 2.55 bits per heavy atom. The Kier molecular flexibility index (Phi) is 6.61. The number of carbonyl (C=O) groups excluding carboxylic acids is 2. The number of nitrogens with two attached hydrogens (primary N) is 1. The van der Waals surface area contributed by atoms with Crippen molar-refractivity contribution in [3.63, 3.8) is 0 Å². The summed E-state index contributed by atoms with van der Waals surface area (Å²) in [5.41, 5.74) is 7.51. The number of aromatic nitrogens is 3. The average Bonchev–Trinajstić information content (AvgIpc) is 3.48. The molecule has 4 aromatic rings. The number of carbonyl (C=O) groups is 2. The quantitative estimate of drug-likeness (QED) is 0.382. The van der Waals surface area contributed by atoms with E-state index in [1.54, 1.807) is 31.1 Å². The molecule has 0 aliphatic carbocycles. The van der Waals surface area contributed by atoms with E-state index in [4.69, 9.17) is 10.5 Å². The van der Waals surface area contributed by atoms with Gasteiger partial charge in [0.05, 0.1) is 4.88 Å². The fraction of sp³-hybridized carbons (Fsp3) is 0.136. The molecule has 1 amide bonds. The lowest BCUT2D eigenvalue weighted by atomic mass is 10.0. The lowest BCUT2D eigenvalue weighted by molar-refractivity contribution is 0.0465. The summed E-state index contributed by atoms with van der Waals surface area (Å²) in [5, 5.41) is 6.88. The van der Waals surface area contributed by atoms with Crippen LogP contribution in [0, 0.1) is 0 Å². The van der Waals surface area contributed by atoms with Crippen LogP contribution >= 0.6 is 22.7 Å². The normalized spacial score (nSPS) is 10.6. The first kappa shape index (κ1) is 22.4. The van der Waals surface area contributed by atoms with Crippen molar-refractivity contribution in [3.05, 3.63) is 69.5 Å². The maximum atomic E-state index is 13.2. The van der Waals surface area contributed by atoms with Gasteiger partial charge in [-0.15, -0.1) is 22.7 Å². The molecule has 9 nitrogen and oxygen atoms in total. The molecule has 0 spiro atoms. The van der Waals surface area contributed by atoms with Crippen molar-refractivity contribution in [2.45, 2.75) is 6.61 Å². The van der Waals surface area contributed by atoms with Crippen molar-refractivity contribution in [2.24, 2.45) is 0 Å². The fourth-order valence-corrected chi connectivity index (χ4v) is 4.52. The predicted octanol–water partition coefficient (Wildman–Crippen LogP) is 3.92. The molecule has 0 aliphatic rings. The minimum Gasteiger partial charge on any atom is -0.454 e. The maximum Gasteiger partial charge on any atom is 0.342 e. The molecule has 168 valence electrons. The smallest absolute Gasteiger partial charge is 0.342 e. The predicted molar refractivity (Wildman–Crippen MR) is 130 cm³/mol. The van der Waals surface area contributed by atoms with Crippen molar-refractivity contribution in [3.8, 4) is 11.1 Å². The van der Waals surface area contributed by atoms with Crippen molar-refractivity contribution >= 4 is 51.4 Å². The number of esters is 1. The largest absolute Gasteiger partial charge is 0.454 e. The summed E-state index contributed by atoms with van der Waals surface area (Å²) in [6.45, 7) is -0.200. The van der Waals surface area contributed by atoms with E-state index in [9.17, 15) is 9.59 Å². The molecule has 4 rings (SSSR count). The Hall–Kier alpha value is -3.83. The van der Waals surface area contributed by atoms with Gasteiger partial charge in [-0.25, -0.2) is 4.79 Å². The topological polar surface area (TPSA) is 123 Å². The van der Waals surface area contributed by atoms with Gasteiger partial charge in [-0.2, -0.15) is 15.0 Å².